The normalized spacial score (nSPS) is 10.8. The molecule has 2 aromatic rings. The highest BCUT2D eigenvalue weighted by Gasteiger charge is 2.09. The first-order chi connectivity index (χ1) is 8.58. The smallest absolute Gasteiger partial charge is 0.307 e. The van der Waals surface area contributed by atoms with Gasteiger partial charge in [-0.3, -0.25) is 4.79 Å². The molecule has 0 spiro atoms. The molecule has 0 atom stereocenters. The molecule has 2 rings (SSSR count). The lowest BCUT2D eigenvalue weighted by Crippen LogP contribution is -2.03. The Bertz CT molecular complexity index is 558. The van der Waals surface area contributed by atoms with Gasteiger partial charge in [0.05, 0.1) is 12.7 Å². The fraction of sp³-hybridized carbons (Fsp3) is 0.286. The summed E-state index contributed by atoms with van der Waals surface area (Å²) in [7, 11) is 0. The minimum absolute atomic E-state index is 0.0412. The lowest BCUT2D eigenvalue weighted by Gasteiger charge is -2.11. The zero-order chi connectivity index (χ0) is 13.1. The predicted molar refractivity (Wildman–Crippen MR) is 69.0 cm³/mol. The Labute approximate surface area is 106 Å². The second-order valence-electron chi connectivity index (χ2n) is 4.58. The van der Waals surface area contributed by atoms with Crippen molar-refractivity contribution in [2.75, 3.05) is 0 Å². The molecule has 0 unspecified atom stereocenters. The van der Waals surface area contributed by atoms with E-state index in [0.717, 1.165) is 16.9 Å². The fourth-order valence-electron chi connectivity index (χ4n) is 1.94. The molecular formula is C14H16N2O2. The monoisotopic (exact) mass is 244 g/mol. The van der Waals surface area contributed by atoms with Gasteiger partial charge in [-0.05, 0) is 23.6 Å². The summed E-state index contributed by atoms with van der Waals surface area (Å²) < 4.78 is 2.00. The van der Waals surface area contributed by atoms with Crippen LogP contribution in [0.4, 0.5) is 0 Å². The summed E-state index contributed by atoms with van der Waals surface area (Å²) in [6, 6.07) is 7.54. The molecule has 1 aromatic heterocycles. The molecule has 4 nitrogen and oxygen atoms in total. The lowest BCUT2D eigenvalue weighted by molar-refractivity contribution is -0.136. The van der Waals surface area contributed by atoms with Crippen LogP contribution in [-0.4, -0.2) is 20.6 Å². The summed E-state index contributed by atoms with van der Waals surface area (Å²) in [4.78, 5) is 14.9. The lowest BCUT2D eigenvalue weighted by atomic mass is 10.1. The van der Waals surface area contributed by atoms with Gasteiger partial charge in [-0.1, -0.05) is 26.0 Å². The third kappa shape index (κ3) is 2.59. The van der Waals surface area contributed by atoms with Crippen molar-refractivity contribution in [1.82, 2.24) is 9.55 Å². The second-order valence-corrected chi connectivity index (χ2v) is 4.58. The molecule has 0 aliphatic heterocycles. The van der Waals surface area contributed by atoms with Crippen molar-refractivity contribution in [2.24, 2.45) is 0 Å². The van der Waals surface area contributed by atoms with E-state index in [4.69, 9.17) is 5.11 Å². The number of nitrogens with zero attached hydrogens (tertiary/aromatic N) is 2. The van der Waals surface area contributed by atoms with E-state index in [9.17, 15) is 4.79 Å². The van der Waals surface area contributed by atoms with Crippen molar-refractivity contribution in [3.05, 3.63) is 48.0 Å². The topological polar surface area (TPSA) is 55.1 Å². The van der Waals surface area contributed by atoms with E-state index in [1.54, 1.807) is 6.33 Å². The Hall–Kier alpha value is -2.10. The maximum atomic E-state index is 10.7. The van der Waals surface area contributed by atoms with Crippen molar-refractivity contribution >= 4 is 5.97 Å². The van der Waals surface area contributed by atoms with Gasteiger partial charge in [-0.15, -0.1) is 0 Å². The number of aromatic nitrogens is 2. The third-order valence-corrected chi connectivity index (χ3v) is 2.80. The molecule has 0 fully saturated rings. The number of hydrogen-bond donors (Lipinski definition) is 1. The van der Waals surface area contributed by atoms with Crippen LogP contribution >= 0.6 is 0 Å². The number of hydrogen-bond acceptors (Lipinski definition) is 2. The Morgan fingerprint density at radius 1 is 1.44 bits per heavy atom. The van der Waals surface area contributed by atoms with E-state index in [2.05, 4.69) is 18.8 Å². The van der Waals surface area contributed by atoms with Crippen molar-refractivity contribution in [3.63, 3.8) is 0 Å². The molecule has 1 N–H and O–H groups in total. The average Bonchev–Trinajstić information content (AvgIpc) is 2.77. The van der Waals surface area contributed by atoms with Gasteiger partial charge < -0.3 is 9.67 Å². The Balaban J connectivity index is 2.38. The summed E-state index contributed by atoms with van der Waals surface area (Å²) >= 11 is 0. The summed E-state index contributed by atoms with van der Waals surface area (Å²) in [5.74, 6) is -0.447. The minimum Gasteiger partial charge on any atom is -0.481 e. The van der Waals surface area contributed by atoms with Crippen LogP contribution in [0.1, 0.15) is 31.0 Å². The third-order valence-electron chi connectivity index (χ3n) is 2.80. The van der Waals surface area contributed by atoms with E-state index in [1.807, 2.05) is 35.0 Å². The van der Waals surface area contributed by atoms with Crippen LogP contribution in [0.3, 0.4) is 0 Å². The van der Waals surface area contributed by atoms with E-state index >= 15 is 0 Å². The van der Waals surface area contributed by atoms with Crippen molar-refractivity contribution < 1.29 is 9.90 Å². The number of benzene rings is 1. The SMILES string of the molecule is CC(C)c1cncn1-c1cccc(CC(=O)O)c1. The van der Waals surface area contributed by atoms with Crippen LogP contribution in [0, 0.1) is 0 Å². The number of imidazole rings is 1. The number of rotatable bonds is 4. The zero-order valence-corrected chi connectivity index (χ0v) is 10.5. The zero-order valence-electron chi connectivity index (χ0n) is 10.5. The molecule has 94 valence electrons. The standard InChI is InChI=1S/C14H16N2O2/c1-10(2)13-8-15-9-16(13)12-5-3-4-11(6-12)7-14(17)18/h3-6,8-10H,7H2,1-2H3,(H,17,18). The maximum Gasteiger partial charge on any atom is 0.307 e. The maximum absolute atomic E-state index is 10.7. The van der Waals surface area contributed by atoms with Gasteiger partial charge in [0.2, 0.25) is 0 Å². The van der Waals surface area contributed by atoms with Crippen LogP contribution in [0.15, 0.2) is 36.8 Å². The van der Waals surface area contributed by atoms with Crippen LogP contribution in [-0.2, 0) is 11.2 Å². The first-order valence-electron chi connectivity index (χ1n) is 5.91. The molecule has 0 saturated carbocycles. The molecule has 18 heavy (non-hydrogen) atoms. The minimum atomic E-state index is -0.818. The first-order valence-corrected chi connectivity index (χ1v) is 5.91. The number of carboxylic acid groups (broad SMARTS) is 1. The summed E-state index contributed by atoms with van der Waals surface area (Å²) in [6.45, 7) is 4.21. The molecule has 0 aliphatic rings. The molecule has 1 aromatic carbocycles. The average molecular weight is 244 g/mol. The summed E-state index contributed by atoms with van der Waals surface area (Å²) in [6.07, 6.45) is 3.64. The van der Waals surface area contributed by atoms with Crippen LogP contribution < -0.4 is 0 Å². The first kappa shape index (κ1) is 12.4. The van der Waals surface area contributed by atoms with E-state index in [0.29, 0.717) is 5.92 Å². The molecular weight excluding hydrogens is 228 g/mol. The number of carbonyl (C=O) groups is 1. The molecule has 0 amide bonds. The van der Waals surface area contributed by atoms with Gasteiger partial charge in [0.25, 0.3) is 0 Å². The quantitative estimate of drug-likeness (QED) is 0.899. The van der Waals surface area contributed by atoms with E-state index in [-0.39, 0.29) is 6.42 Å². The van der Waals surface area contributed by atoms with Gasteiger partial charge in [0.1, 0.15) is 0 Å². The second kappa shape index (κ2) is 5.04. The van der Waals surface area contributed by atoms with Gasteiger partial charge in [0, 0.05) is 17.6 Å². The molecule has 0 bridgehead atoms. The highest BCUT2D eigenvalue weighted by atomic mass is 16.4. The van der Waals surface area contributed by atoms with Crippen molar-refractivity contribution in [1.29, 1.82) is 0 Å². The van der Waals surface area contributed by atoms with Gasteiger partial charge >= 0.3 is 5.97 Å². The van der Waals surface area contributed by atoms with Crippen LogP contribution in [0.5, 0.6) is 0 Å². The van der Waals surface area contributed by atoms with Gasteiger partial charge in [-0.25, -0.2) is 4.98 Å². The predicted octanol–water partition coefficient (Wildman–Crippen LogP) is 2.62. The number of carboxylic acids is 1. The molecule has 4 heteroatoms. The molecule has 1 heterocycles. The summed E-state index contributed by atoms with van der Waals surface area (Å²) in [5.41, 5.74) is 2.86. The molecule has 0 radical (unpaired) electrons. The Morgan fingerprint density at radius 2 is 2.22 bits per heavy atom. The van der Waals surface area contributed by atoms with Crippen molar-refractivity contribution in [3.8, 4) is 5.69 Å². The Kier molecular flexibility index (Phi) is 3.46. The van der Waals surface area contributed by atoms with Gasteiger partial charge in [-0.2, -0.15) is 0 Å². The largest absolute Gasteiger partial charge is 0.481 e. The fourth-order valence-corrected chi connectivity index (χ4v) is 1.94. The number of aliphatic carboxylic acids is 1. The molecule has 0 aliphatic carbocycles. The van der Waals surface area contributed by atoms with Crippen LogP contribution in [0.2, 0.25) is 0 Å². The molecule has 0 saturated heterocycles. The Morgan fingerprint density at radius 3 is 2.89 bits per heavy atom. The van der Waals surface area contributed by atoms with Crippen molar-refractivity contribution in [2.45, 2.75) is 26.2 Å². The highest BCUT2D eigenvalue weighted by molar-refractivity contribution is 5.70. The van der Waals surface area contributed by atoms with Gasteiger partial charge in [0.15, 0.2) is 0 Å². The van der Waals surface area contributed by atoms with E-state index < -0.39 is 5.97 Å². The van der Waals surface area contributed by atoms with Crippen LogP contribution in [0.25, 0.3) is 5.69 Å². The highest BCUT2D eigenvalue weighted by Crippen LogP contribution is 2.19. The summed E-state index contributed by atoms with van der Waals surface area (Å²) in [5, 5.41) is 8.81. The van der Waals surface area contributed by atoms with E-state index in [1.165, 1.54) is 0 Å².